The standard InChI is InChI=1S/C14H18FN3O2/c1-19-8-6-18(7-9-20-2)14-11-4-3-5-12(15)13(11)16-10-17-14/h3-5,10H,6-9H2,1-2H3. The molecule has 2 rings (SSSR count). The van der Waals surface area contributed by atoms with Gasteiger partial charge >= 0.3 is 0 Å². The maximum Gasteiger partial charge on any atom is 0.149 e. The van der Waals surface area contributed by atoms with Crippen molar-refractivity contribution in [3.63, 3.8) is 0 Å². The lowest BCUT2D eigenvalue weighted by Crippen LogP contribution is -2.31. The molecule has 0 aliphatic rings. The Balaban J connectivity index is 2.38. The molecule has 0 spiro atoms. The number of para-hydroxylation sites is 1. The van der Waals surface area contributed by atoms with Crippen LogP contribution >= 0.6 is 0 Å². The van der Waals surface area contributed by atoms with E-state index in [9.17, 15) is 4.39 Å². The van der Waals surface area contributed by atoms with Crippen LogP contribution in [0, 0.1) is 5.82 Å². The van der Waals surface area contributed by atoms with Crippen LogP contribution in [0.1, 0.15) is 0 Å². The molecule has 0 aliphatic heterocycles. The predicted octanol–water partition coefficient (Wildman–Crippen LogP) is 1.87. The Morgan fingerprint density at radius 3 is 2.45 bits per heavy atom. The first kappa shape index (κ1) is 14.6. The molecule has 0 atom stereocenters. The van der Waals surface area contributed by atoms with Crippen molar-refractivity contribution in [1.82, 2.24) is 9.97 Å². The van der Waals surface area contributed by atoms with Crippen molar-refractivity contribution in [3.05, 3.63) is 30.3 Å². The molecule has 0 saturated heterocycles. The first-order chi connectivity index (χ1) is 9.77. The molecule has 20 heavy (non-hydrogen) atoms. The van der Waals surface area contributed by atoms with E-state index in [1.165, 1.54) is 12.4 Å². The zero-order valence-corrected chi connectivity index (χ0v) is 11.7. The van der Waals surface area contributed by atoms with Gasteiger partial charge in [0.2, 0.25) is 0 Å². The van der Waals surface area contributed by atoms with E-state index in [0.717, 1.165) is 0 Å². The van der Waals surface area contributed by atoms with Crippen molar-refractivity contribution in [2.24, 2.45) is 0 Å². The van der Waals surface area contributed by atoms with Crippen molar-refractivity contribution in [2.75, 3.05) is 45.4 Å². The smallest absolute Gasteiger partial charge is 0.149 e. The molecule has 0 unspecified atom stereocenters. The van der Waals surface area contributed by atoms with E-state index in [0.29, 0.717) is 43.0 Å². The minimum Gasteiger partial charge on any atom is -0.383 e. The summed E-state index contributed by atoms with van der Waals surface area (Å²) in [7, 11) is 3.29. The lowest BCUT2D eigenvalue weighted by Gasteiger charge is -2.24. The highest BCUT2D eigenvalue weighted by Crippen LogP contribution is 2.24. The summed E-state index contributed by atoms with van der Waals surface area (Å²) in [4.78, 5) is 10.3. The van der Waals surface area contributed by atoms with Crippen LogP contribution in [-0.2, 0) is 9.47 Å². The van der Waals surface area contributed by atoms with E-state index in [1.807, 2.05) is 11.0 Å². The number of hydrogen-bond donors (Lipinski definition) is 0. The Hall–Kier alpha value is -1.79. The Morgan fingerprint density at radius 1 is 1.10 bits per heavy atom. The van der Waals surface area contributed by atoms with Crippen LogP contribution in [0.2, 0.25) is 0 Å². The number of nitrogens with zero attached hydrogens (tertiary/aromatic N) is 3. The Bertz CT molecular complexity index is 557. The molecule has 0 aliphatic carbocycles. The zero-order valence-electron chi connectivity index (χ0n) is 11.7. The lowest BCUT2D eigenvalue weighted by molar-refractivity contribution is 0.190. The van der Waals surface area contributed by atoms with Crippen molar-refractivity contribution >= 4 is 16.7 Å². The number of aromatic nitrogens is 2. The number of hydrogen-bond acceptors (Lipinski definition) is 5. The van der Waals surface area contributed by atoms with E-state index in [-0.39, 0.29) is 5.82 Å². The maximum absolute atomic E-state index is 13.8. The number of halogens is 1. The molecule has 0 bridgehead atoms. The van der Waals surface area contributed by atoms with Crippen LogP contribution in [0.3, 0.4) is 0 Å². The summed E-state index contributed by atoms with van der Waals surface area (Å²) in [5.74, 6) is 0.355. The monoisotopic (exact) mass is 279 g/mol. The molecule has 108 valence electrons. The molecule has 0 amide bonds. The number of ether oxygens (including phenoxy) is 2. The van der Waals surface area contributed by atoms with Gasteiger partial charge in [-0.1, -0.05) is 6.07 Å². The molecule has 0 fully saturated rings. The van der Waals surface area contributed by atoms with Crippen LogP contribution in [0.5, 0.6) is 0 Å². The Kier molecular flexibility index (Phi) is 5.20. The molecular weight excluding hydrogens is 261 g/mol. The number of methoxy groups -OCH3 is 2. The topological polar surface area (TPSA) is 47.5 Å². The summed E-state index contributed by atoms with van der Waals surface area (Å²) in [5, 5.41) is 0.694. The van der Waals surface area contributed by atoms with Gasteiger partial charge in [-0.2, -0.15) is 0 Å². The molecule has 0 N–H and O–H groups in total. The molecule has 1 aromatic carbocycles. The van der Waals surface area contributed by atoms with Crippen molar-refractivity contribution < 1.29 is 13.9 Å². The summed E-state index contributed by atoms with van der Waals surface area (Å²) < 4.78 is 24.0. The SMILES string of the molecule is COCCN(CCOC)c1ncnc2c(F)cccc12. The third-order valence-corrected chi connectivity index (χ3v) is 3.02. The highest BCUT2D eigenvalue weighted by atomic mass is 19.1. The van der Waals surface area contributed by atoms with Crippen LogP contribution in [-0.4, -0.2) is 50.5 Å². The van der Waals surface area contributed by atoms with Gasteiger partial charge in [-0.15, -0.1) is 0 Å². The van der Waals surface area contributed by atoms with Crippen LogP contribution in [0.15, 0.2) is 24.5 Å². The van der Waals surface area contributed by atoms with E-state index in [4.69, 9.17) is 9.47 Å². The molecule has 0 saturated carbocycles. The average Bonchev–Trinajstić information content (AvgIpc) is 2.48. The van der Waals surface area contributed by atoms with Crippen LogP contribution in [0.4, 0.5) is 10.2 Å². The molecule has 2 aromatic rings. The summed E-state index contributed by atoms with van der Waals surface area (Å²) >= 11 is 0. The van der Waals surface area contributed by atoms with Gasteiger partial charge in [-0.25, -0.2) is 14.4 Å². The minimum absolute atomic E-state index is 0.331. The summed E-state index contributed by atoms with van der Waals surface area (Å²) in [5.41, 5.74) is 0.331. The average molecular weight is 279 g/mol. The normalized spacial score (nSPS) is 10.9. The molecule has 5 nitrogen and oxygen atoms in total. The minimum atomic E-state index is -0.343. The van der Waals surface area contributed by atoms with E-state index in [1.54, 1.807) is 20.3 Å². The van der Waals surface area contributed by atoms with Gasteiger partial charge in [-0.05, 0) is 12.1 Å². The zero-order chi connectivity index (χ0) is 14.4. The van der Waals surface area contributed by atoms with Crippen molar-refractivity contribution in [2.45, 2.75) is 0 Å². The summed E-state index contributed by atoms with van der Waals surface area (Å²) in [6, 6.07) is 4.88. The molecular formula is C14H18FN3O2. The van der Waals surface area contributed by atoms with Crippen molar-refractivity contribution in [3.8, 4) is 0 Å². The largest absolute Gasteiger partial charge is 0.383 e. The Labute approximate surface area is 117 Å². The molecule has 0 radical (unpaired) electrons. The quantitative estimate of drug-likeness (QED) is 0.774. The lowest BCUT2D eigenvalue weighted by atomic mass is 10.2. The van der Waals surface area contributed by atoms with Gasteiger partial charge in [0.05, 0.1) is 13.2 Å². The van der Waals surface area contributed by atoms with Crippen molar-refractivity contribution in [1.29, 1.82) is 0 Å². The highest BCUT2D eigenvalue weighted by Gasteiger charge is 2.13. The van der Waals surface area contributed by atoms with Gasteiger partial charge < -0.3 is 14.4 Å². The van der Waals surface area contributed by atoms with Gasteiger partial charge in [0.25, 0.3) is 0 Å². The van der Waals surface area contributed by atoms with Crippen LogP contribution in [0.25, 0.3) is 10.9 Å². The first-order valence-electron chi connectivity index (χ1n) is 6.40. The number of benzene rings is 1. The second-order valence-corrected chi connectivity index (χ2v) is 4.31. The summed E-state index contributed by atoms with van der Waals surface area (Å²) in [6.45, 7) is 2.43. The number of rotatable bonds is 7. The van der Waals surface area contributed by atoms with E-state index in [2.05, 4.69) is 9.97 Å². The molecule has 1 heterocycles. The van der Waals surface area contributed by atoms with Gasteiger partial charge in [0.15, 0.2) is 0 Å². The fraction of sp³-hybridized carbons (Fsp3) is 0.429. The second kappa shape index (κ2) is 7.12. The maximum atomic E-state index is 13.8. The third-order valence-electron chi connectivity index (χ3n) is 3.02. The fourth-order valence-corrected chi connectivity index (χ4v) is 2.02. The fourth-order valence-electron chi connectivity index (χ4n) is 2.02. The first-order valence-corrected chi connectivity index (χ1v) is 6.40. The molecule has 6 heteroatoms. The van der Waals surface area contributed by atoms with Gasteiger partial charge in [0, 0.05) is 32.7 Å². The van der Waals surface area contributed by atoms with E-state index < -0.39 is 0 Å². The third kappa shape index (κ3) is 3.20. The highest BCUT2D eigenvalue weighted by molar-refractivity contribution is 5.89. The van der Waals surface area contributed by atoms with Gasteiger partial charge in [0.1, 0.15) is 23.5 Å². The summed E-state index contributed by atoms with van der Waals surface area (Å²) in [6.07, 6.45) is 1.38. The van der Waals surface area contributed by atoms with Crippen LogP contribution < -0.4 is 4.90 Å². The van der Waals surface area contributed by atoms with Gasteiger partial charge in [-0.3, -0.25) is 0 Å². The molecule has 1 aromatic heterocycles. The predicted molar refractivity (Wildman–Crippen MR) is 75.5 cm³/mol. The number of anilines is 1. The Morgan fingerprint density at radius 2 is 1.80 bits per heavy atom. The van der Waals surface area contributed by atoms with E-state index >= 15 is 0 Å². The number of fused-ring (bicyclic) bond motifs is 1. The second-order valence-electron chi connectivity index (χ2n) is 4.31.